The Morgan fingerprint density at radius 1 is 1.13 bits per heavy atom. The molecule has 0 unspecified atom stereocenters. The van der Waals surface area contributed by atoms with Crippen LogP contribution in [0.2, 0.25) is 0 Å². The first-order valence-electron chi connectivity index (χ1n) is 6.34. The highest BCUT2D eigenvalue weighted by Crippen LogP contribution is 2.30. The predicted octanol–water partition coefficient (Wildman–Crippen LogP) is 3.90. The highest BCUT2D eigenvalue weighted by atomic mass is 19.4. The number of halogens is 3. The van der Waals surface area contributed by atoms with E-state index < -0.39 is 28.3 Å². The van der Waals surface area contributed by atoms with Crippen molar-refractivity contribution in [3.63, 3.8) is 0 Å². The number of carbonyl (C=O) groups is 1. The summed E-state index contributed by atoms with van der Waals surface area (Å²) in [5, 5.41) is 19.8. The number of nitrogens with zero attached hydrogens (tertiary/aromatic N) is 1. The molecule has 0 fully saturated rings. The number of aromatic carboxylic acids is 1. The lowest BCUT2D eigenvalue weighted by atomic mass is 10.0. The third-order valence-corrected chi connectivity index (χ3v) is 3.10. The molecule has 0 aliphatic heterocycles. The minimum Gasteiger partial charge on any atom is -0.478 e. The van der Waals surface area contributed by atoms with Crippen LogP contribution >= 0.6 is 0 Å². The topological polar surface area (TPSA) is 80.4 Å². The fourth-order valence-corrected chi connectivity index (χ4v) is 2.10. The van der Waals surface area contributed by atoms with Crippen LogP contribution in [0.25, 0.3) is 0 Å². The van der Waals surface area contributed by atoms with E-state index in [-0.39, 0.29) is 23.1 Å². The highest BCUT2D eigenvalue weighted by Gasteiger charge is 2.30. The van der Waals surface area contributed by atoms with Gasteiger partial charge in [0.25, 0.3) is 5.69 Å². The first kappa shape index (κ1) is 16.5. The molecule has 1 N–H and O–H groups in total. The largest absolute Gasteiger partial charge is 0.478 e. The third kappa shape index (κ3) is 4.06. The predicted molar refractivity (Wildman–Crippen MR) is 74.3 cm³/mol. The molecule has 0 spiro atoms. The Labute approximate surface area is 128 Å². The average molecular weight is 325 g/mol. The van der Waals surface area contributed by atoms with E-state index in [1.165, 1.54) is 18.2 Å². The summed E-state index contributed by atoms with van der Waals surface area (Å²) in [5.74, 6) is -1.35. The van der Waals surface area contributed by atoms with Crippen molar-refractivity contribution in [2.45, 2.75) is 12.6 Å². The van der Waals surface area contributed by atoms with Crippen molar-refractivity contribution in [2.75, 3.05) is 0 Å². The van der Waals surface area contributed by atoms with Crippen molar-refractivity contribution in [1.82, 2.24) is 0 Å². The van der Waals surface area contributed by atoms with E-state index in [9.17, 15) is 28.1 Å². The Bertz CT molecular complexity index is 739. The van der Waals surface area contributed by atoms with Crippen molar-refractivity contribution < 1.29 is 28.0 Å². The summed E-state index contributed by atoms with van der Waals surface area (Å²) in [7, 11) is 0. The number of benzene rings is 2. The molecule has 0 heterocycles. The molecule has 0 amide bonds. The number of carboxylic acid groups (broad SMARTS) is 1. The van der Waals surface area contributed by atoms with Gasteiger partial charge in [0.1, 0.15) is 0 Å². The summed E-state index contributed by atoms with van der Waals surface area (Å²) in [6.07, 6.45) is -4.54. The fourth-order valence-electron chi connectivity index (χ4n) is 2.10. The number of rotatable bonds is 4. The molecule has 5 nitrogen and oxygen atoms in total. The second kappa shape index (κ2) is 6.07. The molecule has 0 saturated heterocycles. The van der Waals surface area contributed by atoms with E-state index >= 15 is 0 Å². The zero-order valence-corrected chi connectivity index (χ0v) is 11.5. The molecule has 0 aliphatic rings. The van der Waals surface area contributed by atoms with Crippen LogP contribution in [0.4, 0.5) is 18.9 Å². The Morgan fingerprint density at radius 2 is 1.83 bits per heavy atom. The summed E-state index contributed by atoms with van der Waals surface area (Å²) >= 11 is 0. The molecule has 0 saturated carbocycles. The van der Waals surface area contributed by atoms with Crippen molar-refractivity contribution >= 4 is 11.7 Å². The van der Waals surface area contributed by atoms with Gasteiger partial charge >= 0.3 is 12.1 Å². The van der Waals surface area contributed by atoms with Crippen molar-refractivity contribution in [3.05, 3.63) is 74.8 Å². The lowest BCUT2D eigenvalue weighted by molar-refractivity contribution is -0.384. The van der Waals surface area contributed by atoms with Crippen LogP contribution in [0.5, 0.6) is 0 Å². The summed E-state index contributed by atoms with van der Waals surface area (Å²) in [4.78, 5) is 21.1. The summed E-state index contributed by atoms with van der Waals surface area (Å²) in [6, 6.07) is 7.77. The number of nitro groups is 1. The monoisotopic (exact) mass is 325 g/mol. The van der Waals surface area contributed by atoms with Crippen molar-refractivity contribution in [2.24, 2.45) is 0 Å². The number of nitro benzene ring substituents is 1. The molecule has 0 radical (unpaired) electrons. The zero-order valence-electron chi connectivity index (χ0n) is 11.5. The van der Waals surface area contributed by atoms with Crippen LogP contribution in [0, 0.1) is 10.1 Å². The van der Waals surface area contributed by atoms with Crippen LogP contribution < -0.4 is 0 Å². The molecule has 2 aromatic carbocycles. The average Bonchev–Trinajstić information content (AvgIpc) is 2.46. The third-order valence-electron chi connectivity index (χ3n) is 3.10. The van der Waals surface area contributed by atoms with E-state index in [0.717, 1.165) is 24.3 Å². The molecule has 120 valence electrons. The van der Waals surface area contributed by atoms with E-state index in [4.69, 9.17) is 5.11 Å². The van der Waals surface area contributed by atoms with E-state index in [0.29, 0.717) is 0 Å². The van der Waals surface area contributed by atoms with Gasteiger partial charge in [-0.15, -0.1) is 0 Å². The second-order valence-corrected chi connectivity index (χ2v) is 4.83. The van der Waals surface area contributed by atoms with Gasteiger partial charge in [-0.05, 0) is 29.7 Å². The normalized spacial score (nSPS) is 11.3. The van der Waals surface area contributed by atoms with Crippen LogP contribution in [0.1, 0.15) is 27.0 Å². The lowest BCUT2D eigenvalue weighted by Gasteiger charge is -2.09. The number of hydrogen-bond acceptors (Lipinski definition) is 3. The molecular formula is C15H10F3NO4. The Kier molecular flexibility index (Phi) is 4.35. The standard InChI is InChI=1S/C15H10F3NO4/c16-15(17,18)12-3-1-2-9(6-12)4-10-5-11(14(20)21)8-13(7-10)19(22)23/h1-3,5-8H,4H2,(H,20,21). The van der Waals surface area contributed by atoms with Gasteiger partial charge in [-0.25, -0.2) is 4.79 Å². The first-order chi connectivity index (χ1) is 10.7. The summed E-state index contributed by atoms with van der Waals surface area (Å²) < 4.78 is 38.0. The van der Waals surface area contributed by atoms with Gasteiger partial charge in [0.2, 0.25) is 0 Å². The Hall–Kier alpha value is -2.90. The smallest absolute Gasteiger partial charge is 0.416 e. The number of alkyl halides is 3. The van der Waals surface area contributed by atoms with Gasteiger partial charge in [0.05, 0.1) is 16.1 Å². The van der Waals surface area contributed by atoms with Crippen molar-refractivity contribution in [1.29, 1.82) is 0 Å². The maximum Gasteiger partial charge on any atom is 0.416 e. The van der Waals surface area contributed by atoms with Gasteiger partial charge in [-0.3, -0.25) is 10.1 Å². The second-order valence-electron chi connectivity index (χ2n) is 4.83. The summed E-state index contributed by atoms with van der Waals surface area (Å²) in [5.41, 5.74) is -1.03. The highest BCUT2D eigenvalue weighted by molar-refractivity contribution is 5.88. The lowest BCUT2D eigenvalue weighted by Crippen LogP contribution is -2.05. The van der Waals surface area contributed by atoms with Gasteiger partial charge in [0.15, 0.2) is 0 Å². The van der Waals surface area contributed by atoms with Crippen LogP contribution in [-0.2, 0) is 12.6 Å². The van der Waals surface area contributed by atoms with Crippen LogP contribution in [-0.4, -0.2) is 16.0 Å². The Balaban J connectivity index is 2.40. The quantitative estimate of drug-likeness (QED) is 0.683. The number of carboxylic acids is 1. The van der Waals surface area contributed by atoms with Gasteiger partial charge in [-0.1, -0.05) is 18.2 Å². The molecule has 0 aliphatic carbocycles. The Morgan fingerprint density at radius 3 is 2.39 bits per heavy atom. The van der Waals surface area contributed by atoms with Crippen LogP contribution in [0.15, 0.2) is 42.5 Å². The molecular weight excluding hydrogens is 315 g/mol. The number of non-ortho nitro benzene ring substituents is 1. The molecule has 2 aromatic rings. The molecule has 23 heavy (non-hydrogen) atoms. The van der Waals surface area contributed by atoms with E-state index in [1.807, 2.05) is 0 Å². The van der Waals surface area contributed by atoms with Crippen LogP contribution in [0.3, 0.4) is 0 Å². The van der Waals surface area contributed by atoms with E-state index in [1.54, 1.807) is 0 Å². The molecule has 8 heteroatoms. The molecule has 0 atom stereocenters. The number of hydrogen-bond donors (Lipinski definition) is 1. The van der Waals surface area contributed by atoms with Crippen molar-refractivity contribution in [3.8, 4) is 0 Å². The molecule has 0 bridgehead atoms. The van der Waals surface area contributed by atoms with Gasteiger partial charge < -0.3 is 5.11 Å². The molecule has 0 aromatic heterocycles. The van der Waals surface area contributed by atoms with Gasteiger partial charge in [-0.2, -0.15) is 13.2 Å². The summed E-state index contributed by atoms with van der Waals surface area (Å²) in [6.45, 7) is 0. The molecule has 2 rings (SSSR count). The minimum atomic E-state index is -4.50. The minimum absolute atomic E-state index is 0.0497. The first-order valence-corrected chi connectivity index (χ1v) is 6.34. The van der Waals surface area contributed by atoms with Gasteiger partial charge in [0, 0.05) is 12.1 Å². The van der Waals surface area contributed by atoms with E-state index in [2.05, 4.69) is 0 Å². The fraction of sp³-hybridized carbons (Fsp3) is 0.133. The SMILES string of the molecule is O=C(O)c1cc(Cc2cccc(C(F)(F)F)c2)cc([N+](=O)[O-])c1. The zero-order chi connectivity index (χ0) is 17.2. The maximum atomic E-state index is 12.7. The maximum absolute atomic E-state index is 12.7.